The molecule has 1 aliphatic carbocycles. The Hall–Kier alpha value is -0.410. The van der Waals surface area contributed by atoms with Crippen molar-refractivity contribution in [2.45, 2.75) is 39.0 Å². The van der Waals surface area contributed by atoms with Crippen molar-refractivity contribution in [3.8, 4) is 0 Å². The maximum atomic E-state index is 4.59. The summed E-state index contributed by atoms with van der Waals surface area (Å²) in [6.07, 6.45) is 6.70. The minimum Gasteiger partial charge on any atom is -0.319 e. The van der Waals surface area contributed by atoms with Crippen LogP contribution in [0.2, 0.25) is 0 Å². The van der Waals surface area contributed by atoms with E-state index >= 15 is 0 Å². The molecule has 2 rings (SSSR count). The molecule has 1 aliphatic rings. The third kappa shape index (κ3) is 2.58. The van der Waals surface area contributed by atoms with Crippen molar-refractivity contribution in [3.63, 3.8) is 0 Å². The largest absolute Gasteiger partial charge is 0.319 e. The lowest BCUT2D eigenvalue weighted by Crippen LogP contribution is -2.32. The van der Waals surface area contributed by atoms with Crippen molar-refractivity contribution < 1.29 is 0 Å². The van der Waals surface area contributed by atoms with Crippen molar-refractivity contribution in [2.24, 2.45) is 5.41 Å². The van der Waals surface area contributed by atoms with Gasteiger partial charge in [0.25, 0.3) is 0 Å². The van der Waals surface area contributed by atoms with Gasteiger partial charge in [0.2, 0.25) is 0 Å². The quantitative estimate of drug-likeness (QED) is 0.850. The second-order valence-corrected chi connectivity index (χ2v) is 5.74. The third-order valence-electron chi connectivity index (χ3n) is 3.41. The highest BCUT2D eigenvalue weighted by molar-refractivity contribution is 7.09. The molecule has 1 fully saturated rings. The summed E-state index contributed by atoms with van der Waals surface area (Å²) in [6, 6.07) is 0. The van der Waals surface area contributed by atoms with Crippen molar-refractivity contribution in [1.29, 1.82) is 0 Å². The van der Waals surface area contributed by atoms with Crippen molar-refractivity contribution in [1.82, 2.24) is 10.3 Å². The summed E-state index contributed by atoms with van der Waals surface area (Å²) in [5, 5.41) is 6.84. The van der Waals surface area contributed by atoms with E-state index in [0.29, 0.717) is 5.41 Å². The van der Waals surface area contributed by atoms with Crippen LogP contribution in [0, 0.1) is 12.3 Å². The van der Waals surface area contributed by atoms with Gasteiger partial charge in [-0.3, -0.25) is 0 Å². The van der Waals surface area contributed by atoms with Gasteiger partial charge in [0, 0.05) is 24.0 Å². The molecule has 1 N–H and O–H groups in total. The lowest BCUT2D eigenvalue weighted by Gasteiger charge is -2.27. The fraction of sp³-hybridized carbons (Fsp3) is 0.750. The minimum atomic E-state index is 0.499. The van der Waals surface area contributed by atoms with Crippen LogP contribution in [0.5, 0.6) is 0 Å². The van der Waals surface area contributed by atoms with E-state index in [1.165, 1.54) is 42.8 Å². The molecule has 0 atom stereocenters. The Morgan fingerprint density at radius 3 is 2.73 bits per heavy atom. The predicted octanol–water partition coefficient (Wildman–Crippen LogP) is 2.77. The van der Waals surface area contributed by atoms with Crippen molar-refractivity contribution in [2.75, 3.05) is 13.6 Å². The number of nitrogens with zero attached hydrogens (tertiary/aromatic N) is 1. The zero-order valence-electron chi connectivity index (χ0n) is 9.68. The monoisotopic (exact) mass is 224 g/mol. The first-order chi connectivity index (χ1) is 7.24. The summed E-state index contributed by atoms with van der Waals surface area (Å²) < 4.78 is 0. The second kappa shape index (κ2) is 4.62. The molecule has 0 saturated heterocycles. The standard InChI is InChI=1S/C12H20N2S/c1-10-8-15-11(14-10)7-12(9-13-2)5-3-4-6-12/h8,13H,3-7,9H2,1-2H3. The van der Waals surface area contributed by atoms with Crippen LogP contribution in [0.1, 0.15) is 36.4 Å². The highest BCUT2D eigenvalue weighted by Gasteiger charge is 2.33. The molecule has 0 aromatic carbocycles. The van der Waals surface area contributed by atoms with Gasteiger partial charge >= 0.3 is 0 Å². The summed E-state index contributed by atoms with van der Waals surface area (Å²) in [5.41, 5.74) is 1.67. The first-order valence-electron chi connectivity index (χ1n) is 5.80. The van der Waals surface area contributed by atoms with Gasteiger partial charge in [-0.15, -0.1) is 11.3 Å². The maximum Gasteiger partial charge on any atom is 0.0934 e. The maximum absolute atomic E-state index is 4.59. The van der Waals surface area contributed by atoms with E-state index in [-0.39, 0.29) is 0 Å². The Labute approximate surface area is 96.1 Å². The summed E-state index contributed by atoms with van der Waals surface area (Å²) in [7, 11) is 2.06. The number of hydrogen-bond acceptors (Lipinski definition) is 3. The van der Waals surface area contributed by atoms with E-state index in [1.54, 1.807) is 0 Å². The van der Waals surface area contributed by atoms with E-state index in [0.717, 1.165) is 6.54 Å². The first kappa shape index (κ1) is 11.1. The first-order valence-corrected chi connectivity index (χ1v) is 6.68. The molecule has 0 radical (unpaired) electrons. The Morgan fingerprint density at radius 2 is 2.20 bits per heavy atom. The minimum absolute atomic E-state index is 0.499. The van der Waals surface area contributed by atoms with Gasteiger partial charge in [0.1, 0.15) is 0 Å². The molecular weight excluding hydrogens is 204 g/mol. The van der Waals surface area contributed by atoms with Crippen LogP contribution in [-0.4, -0.2) is 18.6 Å². The zero-order valence-corrected chi connectivity index (χ0v) is 10.5. The highest BCUT2D eigenvalue weighted by atomic mass is 32.1. The van der Waals surface area contributed by atoms with Crippen molar-refractivity contribution >= 4 is 11.3 Å². The summed E-state index contributed by atoms with van der Waals surface area (Å²) in [5.74, 6) is 0. The molecule has 1 saturated carbocycles. The van der Waals surface area contributed by atoms with Crippen LogP contribution in [0.3, 0.4) is 0 Å². The Bertz CT molecular complexity index is 313. The predicted molar refractivity (Wildman–Crippen MR) is 65.4 cm³/mol. The molecule has 0 unspecified atom stereocenters. The number of nitrogens with one attached hydrogen (secondary N) is 1. The van der Waals surface area contributed by atoms with E-state index < -0.39 is 0 Å². The smallest absolute Gasteiger partial charge is 0.0934 e. The van der Waals surface area contributed by atoms with Gasteiger partial charge < -0.3 is 5.32 Å². The van der Waals surface area contributed by atoms with Crippen LogP contribution < -0.4 is 5.32 Å². The van der Waals surface area contributed by atoms with E-state index in [1.807, 2.05) is 11.3 Å². The molecule has 15 heavy (non-hydrogen) atoms. The van der Waals surface area contributed by atoms with Crippen LogP contribution >= 0.6 is 11.3 Å². The van der Waals surface area contributed by atoms with Crippen LogP contribution in [-0.2, 0) is 6.42 Å². The molecular formula is C12H20N2S. The fourth-order valence-electron chi connectivity index (χ4n) is 2.72. The Morgan fingerprint density at radius 1 is 1.47 bits per heavy atom. The van der Waals surface area contributed by atoms with E-state index in [4.69, 9.17) is 0 Å². The summed E-state index contributed by atoms with van der Waals surface area (Å²) in [6.45, 7) is 3.23. The Balaban J connectivity index is 2.06. The molecule has 0 amide bonds. The topological polar surface area (TPSA) is 24.9 Å². The molecule has 84 valence electrons. The van der Waals surface area contributed by atoms with Crippen LogP contribution in [0.4, 0.5) is 0 Å². The van der Waals surface area contributed by atoms with E-state index in [2.05, 4.69) is 29.7 Å². The molecule has 0 bridgehead atoms. The van der Waals surface area contributed by atoms with Gasteiger partial charge in [0.15, 0.2) is 0 Å². The van der Waals surface area contributed by atoms with Crippen LogP contribution in [0.25, 0.3) is 0 Å². The van der Waals surface area contributed by atoms with E-state index in [9.17, 15) is 0 Å². The van der Waals surface area contributed by atoms with Gasteiger partial charge in [0.05, 0.1) is 5.01 Å². The SMILES string of the molecule is CNCC1(Cc2nc(C)cs2)CCCC1. The van der Waals surface area contributed by atoms with Gasteiger partial charge in [-0.2, -0.15) is 0 Å². The summed E-state index contributed by atoms with van der Waals surface area (Å²) in [4.78, 5) is 4.59. The van der Waals surface area contributed by atoms with Gasteiger partial charge in [-0.25, -0.2) is 4.98 Å². The molecule has 1 aromatic heterocycles. The number of thiazole rings is 1. The third-order valence-corrected chi connectivity index (χ3v) is 4.38. The molecule has 2 nitrogen and oxygen atoms in total. The Kier molecular flexibility index (Phi) is 3.42. The summed E-state index contributed by atoms with van der Waals surface area (Å²) >= 11 is 1.82. The zero-order chi connectivity index (χ0) is 10.7. The van der Waals surface area contributed by atoms with Crippen LogP contribution in [0.15, 0.2) is 5.38 Å². The molecule has 3 heteroatoms. The molecule has 1 heterocycles. The number of aromatic nitrogens is 1. The van der Waals surface area contributed by atoms with Gasteiger partial charge in [-0.05, 0) is 32.2 Å². The lowest BCUT2D eigenvalue weighted by molar-refractivity contribution is 0.285. The fourth-order valence-corrected chi connectivity index (χ4v) is 3.67. The second-order valence-electron chi connectivity index (χ2n) is 4.80. The number of hydrogen-bond donors (Lipinski definition) is 1. The number of aryl methyl sites for hydroxylation is 1. The lowest BCUT2D eigenvalue weighted by atomic mass is 9.83. The number of rotatable bonds is 4. The van der Waals surface area contributed by atoms with Gasteiger partial charge in [-0.1, -0.05) is 12.8 Å². The van der Waals surface area contributed by atoms with Crippen molar-refractivity contribution in [3.05, 3.63) is 16.1 Å². The average Bonchev–Trinajstić information content (AvgIpc) is 2.78. The highest BCUT2D eigenvalue weighted by Crippen LogP contribution is 2.40. The average molecular weight is 224 g/mol. The normalized spacial score (nSPS) is 19.6. The molecule has 0 spiro atoms. The molecule has 1 aromatic rings. The molecule has 0 aliphatic heterocycles.